The van der Waals surface area contributed by atoms with Crippen molar-refractivity contribution in [3.8, 4) is 0 Å². The molecule has 8 N–H and O–H groups in total. The zero-order valence-corrected chi connectivity index (χ0v) is 16.8. The van der Waals surface area contributed by atoms with Crippen molar-refractivity contribution in [2.75, 3.05) is 6.61 Å². The molecule has 12 heteroatoms. The van der Waals surface area contributed by atoms with Crippen LogP contribution in [-0.2, 0) is 30.4 Å². The lowest BCUT2D eigenvalue weighted by molar-refractivity contribution is -0.143. The van der Waals surface area contributed by atoms with Gasteiger partial charge >= 0.3 is 11.9 Å². The van der Waals surface area contributed by atoms with Gasteiger partial charge in [-0.1, -0.05) is 30.3 Å². The van der Waals surface area contributed by atoms with Crippen LogP contribution < -0.4 is 21.7 Å². The Labute approximate surface area is 177 Å². The van der Waals surface area contributed by atoms with Crippen molar-refractivity contribution in [2.45, 2.75) is 43.9 Å². The van der Waals surface area contributed by atoms with Crippen molar-refractivity contribution in [2.24, 2.45) is 5.73 Å². The maximum atomic E-state index is 12.4. The summed E-state index contributed by atoms with van der Waals surface area (Å²) < 4.78 is 0. The molecule has 0 saturated carbocycles. The summed E-state index contributed by atoms with van der Waals surface area (Å²) in [6.07, 6.45) is -0.783. The molecule has 3 amide bonds. The lowest BCUT2D eigenvalue weighted by Gasteiger charge is -2.22. The molecule has 1 aromatic carbocycles. The highest BCUT2D eigenvalue weighted by molar-refractivity contribution is 5.95. The van der Waals surface area contributed by atoms with Gasteiger partial charge in [0.25, 0.3) is 0 Å². The molecule has 4 unspecified atom stereocenters. The van der Waals surface area contributed by atoms with Crippen molar-refractivity contribution in [1.82, 2.24) is 16.0 Å². The fourth-order valence-electron chi connectivity index (χ4n) is 2.47. The summed E-state index contributed by atoms with van der Waals surface area (Å²) in [4.78, 5) is 59.0. The molecule has 0 aliphatic rings. The van der Waals surface area contributed by atoms with E-state index in [4.69, 9.17) is 15.9 Å². The number of hydrogen-bond donors (Lipinski definition) is 7. The van der Waals surface area contributed by atoms with Crippen molar-refractivity contribution in [3.05, 3.63) is 35.9 Å². The lowest BCUT2D eigenvalue weighted by atomic mass is 10.1. The van der Waals surface area contributed by atoms with Crippen LogP contribution in [0.4, 0.5) is 0 Å². The number of aliphatic hydroxyl groups is 1. The van der Waals surface area contributed by atoms with Crippen LogP contribution in [0.15, 0.2) is 30.3 Å². The third-order valence-electron chi connectivity index (χ3n) is 4.19. The van der Waals surface area contributed by atoms with E-state index in [2.05, 4.69) is 16.0 Å². The number of aliphatic carboxylic acids is 2. The normalized spacial score (nSPS) is 14.4. The maximum Gasteiger partial charge on any atom is 0.326 e. The molecule has 0 aromatic heterocycles. The molecule has 0 spiro atoms. The Balaban J connectivity index is 2.77. The third-order valence-corrected chi connectivity index (χ3v) is 4.19. The first kappa shape index (κ1) is 25.5. The molecule has 0 aliphatic carbocycles. The number of rotatable bonds is 12. The van der Waals surface area contributed by atoms with Gasteiger partial charge in [0.2, 0.25) is 17.7 Å². The molecular formula is C19H26N4O8. The third kappa shape index (κ3) is 8.80. The van der Waals surface area contributed by atoms with E-state index in [0.717, 1.165) is 0 Å². The number of nitrogens with one attached hydrogen (secondary N) is 3. The SMILES string of the molecule is CC(NC(=O)C(CC(=O)O)NC(=O)C(N)CO)C(=O)NC(Cc1ccccc1)C(=O)O. The van der Waals surface area contributed by atoms with Gasteiger partial charge in [-0.15, -0.1) is 0 Å². The first-order valence-corrected chi connectivity index (χ1v) is 9.31. The number of carboxylic acids is 2. The van der Waals surface area contributed by atoms with Crippen LogP contribution in [0.25, 0.3) is 0 Å². The molecule has 1 rings (SSSR count). The van der Waals surface area contributed by atoms with Gasteiger partial charge in [-0.25, -0.2) is 4.79 Å². The Kier molecular flexibility index (Phi) is 10.1. The minimum atomic E-state index is -1.56. The van der Waals surface area contributed by atoms with Gasteiger partial charge in [-0.3, -0.25) is 19.2 Å². The molecule has 170 valence electrons. The number of amides is 3. The van der Waals surface area contributed by atoms with Crippen LogP contribution in [0.1, 0.15) is 18.9 Å². The minimum absolute atomic E-state index is 0.0132. The average Bonchev–Trinajstić information content (AvgIpc) is 2.72. The van der Waals surface area contributed by atoms with Crippen molar-refractivity contribution < 1.29 is 39.3 Å². The average molecular weight is 438 g/mol. The van der Waals surface area contributed by atoms with Gasteiger partial charge in [0, 0.05) is 6.42 Å². The second-order valence-electron chi connectivity index (χ2n) is 6.77. The van der Waals surface area contributed by atoms with Crippen molar-refractivity contribution in [1.29, 1.82) is 0 Å². The minimum Gasteiger partial charge on any atom is -0.481 e. The Morgan fingerprint density at radius 1 is 0.903 bits per heavy atom. The number of aliphatic hydroxyl groups excluding tert-OH is 1. The lowest BCUT2D eigenvalue weighted by Crippen LogP contribution is -2.57. The van der Waals surface area contributed by atoms with E-state index in [9.17, 15) is 29.1 Å². The summed E-state index contributed by atoms with van der Waals surface area (Å²) >= 11 is 0. The first-order valence-electron chi connectivity index (χ1n) is 9.31. The maximum absolute atomic E-state index is 12.4. The second-order valence-corrected chi connectivity index (χ2v) is 6.77. The van der Waals surface area contributed by atoms with Crippen LogP contribution in [-0.4, -0.2) is 75.8 Å². The van der Waals surface area contributed by atoms with E-state index in [1.165, 1.54) is 6.92 Å². The predicted molar refractivity (Wildman–Crippen MR) is 107 cm³/mol. The van der Waals surface area contributed by atoms with Gasteiger partial charge in [-0.2, -0.15) is 0 Å². The molecule has 1 aromatic rings. The molecule has 0 saturated heterocycles. The number of carbonyl (C=O) groups is 5. The van der Waals surface area contributed by atoms with E-state index in [1.807, 2.05) is 0 Å². The van der Waals surface area contributed by atoms with E-state index >= 15 is 0 Å². The molecular weight excluding hydrogens is 412 g/mol. The zero-order valence-electron chi connectivity index (χ0n) is 16.8. The topological polar surface area (TPSA) is 208 Å². The highest BCUT2D eigenvalue weighted by Crippen LogP contribution is 2.04. The Morgan fingerprint density at radius 3 is 2.00 bits per heavy atom. The number of hydrogen-bond acceptors (Lipinski definition) is 7. The number of carbonyl (C=O) groups excluding carboxylic acids is 3. The molecule has 31 heavy (non-hydrogen) atoms. The van der Waals surface area contributed by atoms with E-state index in [-0.39, 0.29) is 6.42 Å². The van der Waals surface area contributed by atoms with Crippen LogP contribution in [0.2, 0.25) is 0 Å². The fraction of sp³-hybridized carbons (Fsp3) is 0.421. The van der Waals surface area contributed by atoms with Crippen LogP contribution >= 0.6 is 0 Å². The van der Waals surface area contributed by atoms with Crippen molar-refractivity contribution >= 4 is 29.7 Å². The molecule has 0 radical (unpaired) electrons. The van der Waals surface area contributed by atoms with Gasteiger partial charge in [-0.05, 0) is 12.5 Å². The standard InChI is InChI=1S/C19H26N4O8/c1-10(16(27)23-14(19(30)31)7-11-5-3-2-4-6-11)21-18(29)13(8-15(25)26)22-17(28)12(20)9-24/h2-6,10,12-14,24H,7-9,20H2,1H3,(H,21,29)(H,22,28)(H,23,27)(H,25,26)(H,30,31). The van der Waals surface area contributed by atoms with E-state index in [0.29, 0.717) is 5.56 Å². The fourth-order valence-corrected chi connectivity index (χ4v) is 2.47. The molecule has 12 nitrogen and oxygen atoms in total. The van der Waals surface area contributed by atoms with Crippen LogP contribution in [0.3, 0.4) is 0 Å². The predicted octanol–water partition coefficient (Wildman–Crippen LogP) is -2.42. The molecule has 4 atom stereocenters. The quantitative estimate of drug-likeness (QED) is 0.185. The summed E-state index contributed by atoms with van der Waals surface area (Å²) in [6.45, 7) is 0.553. The summed E-state index contributed by atoms with van der Waals surface area (Å²) in [7, 11) is 0. The molecule has 0 aliphatic heterocycles. The van der Waals surface area contributed by atoms with Crippen molar-refractivity contribution in [3.63, 3.8) is 0 Å². The molecule has 0 heterocycles. The molecule has 0 bridgehead atoms. The van der Waals surface area contributed by atoms with Gasteiger partial charge in [0.1, 0.15) is 24.2 Å². The summed E-state index contributed by atoms with van der Waals surface area (Å²) in [5.41, 5.74) is 6.01. The van der Waals surface area contributed by atoms with Crippen LogP contribution in [0, 0.1) is 0 Å². The zero-order chi connectivity index (χ0) is 23.6. The highest BCUT2D eigenvalue weighted by atomic mass is 16.4. The van der Waals surface area contributed by atoms with E-state index < -0.39 is 66.9 Å². The summed E-state index contributed by atoms with van der Waals surface area (Å²) in [6, 6.07) is 3.19. The Hall–Kier alpha value is -3.51. The van der Waals surface area contributed by atoms with Gasteiger partial charge < -0.3 is 37.0 Å². The second kappa shape index (κ2) is 12.2. The Bertz CT molecular complexity index is 801. The molecule has 0 fully saturated rings. The van der Waals surface area contributed by atoms with Crippen LogP contribution in [0.5, 0.6) is 0 Å². The largest absolute Gasteiger partial charge is 0.481 e. The highest BCUT2D eigenvalue weighted by Gasteiger charge is 2.29. The van der Waals surface area contributed by atoms with E-state index in [1.54, 1.807) is 30.3 Å². The number of nitrogens with two attached hydrogens (primary N) is 1. The summed E-state index contributed by atoms with van der Waals surface area (Å²) in [5, 5.41) is 33.8. The van der Waals surface area contributed by atoms with Gasteiger partial charge in [0.15, 0.2) is 0 Å². The number of benzene rings is 1. The van der Waals surface area contributed by atoms with Gasteiger partial charge in [0.05, 0.1) is 13.0 Å². The monoisotopic (exact) mass is 438 g/mol. The number of carboxylic acid groups (broad SMARTS) is 2. The Morgan fingerprint density at radius 2 is 1.48 bits per heavy atom. The first-order chi connectivity index (χ1) is 14.5. The smallest absolute Gasteiger partial charge is 0.326 e. The summed E-state index contributed by atoms with van der Waals surface area (Å²) in [5.74, 6) is -5.42.